The molecule has 0 spiro atoms. The molecule has 0 saturated heterocycles. The zero-order valence-corrected chi connectivity index (χ0v) is 53.8. The predicted molar refractivity (Wildman–Crippen MR) is 409 cm³/mol. The average Bonchev–Trinajstić information content (AvgIpc) is 1.62. The summed E-state index contributed by atoms with van der Waals surface area (Å²) in [7, 11) is 0. The lowest BCUT2D eigenvalue weighted by atomic mass is 9.81. The highest BCUT2D eigenvalue weighted by Crippen LogP contribution is 2.52. The van der Waals surface area contributed by atoms with E-state index in [2.05, 4.69) is 384 Å². The predicted octanol–water partition coefficient (Wildman–Crippen LogP) is 25.1. The van der Waals surface area contributed by atoms with Crippen LogP contribution in [-0.4, -0.2) is 13.7 Å². The van der Waals surface area contributed by atoms with Crippen molar-refractivity contribution in [3.05, 3.63) is 363 Å². The molecule has 0 unspecified atom stereocenters. The van der Waals surface area contributed by atoms with Crippen LogP contribution in [-0.2, 0) is 5.41 Å². The molecular formula is C93H64N4. The van der Waals surface area contributed by atoms with Crippen LogP contribution in [0.4, 0.5) is 17.1 Å². The highest BCUT2D eigenvalue weighted by Gasteiger charge is 2.37. The zero-order valence-electron chi connectivity index (χ0n) is 53.8. The summed E-state index contributed by atoms with van der Waals surface area (Å²) in [5.74, 6) is 0. The Morgan fingerprint density at radius 2 is 0.495 bits per heavy atom. The van der Waals surface area contributed by atoms with Gasteiger partial charge in [0, 0.05) is 71.9 Å². The van der Waals surface area contributed by atoms with Gasteiger partial charge in [0.2, 0.25) is 0 Å². The summed E-state index contributed by atoms with van der Waals surface area (Å²) in [6.07, 6.45) is 0. The van der Waals surface area contributed by atoms with Crippen LogP contribution in [0.2, 0.25) is 0 Å². The van der Waals surface area contributed by atoms with Crippen LogP contribution in [0, 0.1) is 0 Å². The van der Waals surface area contributed by atoms with Crippen LogP contribution < -0.4 is 4.90 Å². The first kappa shape index (κ1) is 56.1. The lowest BCUT2D eigenvalue weighted by molar-refractivity contribution is 0.660. The Kier molecular flexibility index (Phi) is 12.9. The number of anilines is 3. The SMILES string of the molecule is CC1(C)c2cc(-c3ccc4c5ccccc5n(-c5ccccc5)c4c3)ccc2-c2ccc(N(c3ccc(-c4ccc(-c5ccc6c(c5)c5ccccc5n6-c5ccccc5)cc4)cc3)c3ccc(-c4ccc(-c5ccc6c(c5)c5ccccc5n6-c5ccccc5)cc4)cc3)cc21. The van der Waals surface area contributed by atoms with E-state index in [-0.39, 0.29) is 5.41 Å². The Balaban J connectivity index is 0.656. The van der Waals surface area contributed by atoms with Crippen molar-refractivity contribution in [2.75, 3.05) is 4.90 Å². The van der Waals surface area contributed by atoms with Crippen molar-refractivity contribution in [3.8, 4) is 83.8 Å². The van der Waals surface area contributed by atoms with Crippen molar-refractivity contribution in [1.29, 1.82) is 0 Å². The van der Waals surface area contributed by atoms with E-state index in [4.69, 9.17) is 0 Å². The van der Waals surface area contributed by atoms with Gasteiger partial charge in [-0.15, -0.1) is 0 Å². The fraction of sp³-hybridized carbons (Fsp3) is 0.0323. The molecule has 1 aliphatic rings. The molecule has 0 bridgehead atoms. The van der Waals surface area contributed by atoms with Gasteiger partial charge in [-0.05, 0) is 205 Å². The number of hydrogen-bond donors (Lipinski definition) is 0. The van der Waals surface area contributed by atoms with E-state index in [1.54, 1.807) is 0 Å². The smallest absolute Gasteiger partial charge is 0.0547 e. The van der Waals surface area contributed by atoms with Gasteiger partial charge in [-0.2, -0.15) is 0 Å². The molecule has 0 saturated carbocycles. The third-order valence-corrected chi connectivity index (χ3v) is 20.7. The maximum absolute atomic E-state index is 2.45. The van der Waals surface area contributed by atoms with E-state index < -0.39 is 0 Å². The van der Waals surface area contributed by atoms with Gasteiger partial charge in [-0.25, -0.2) is 0 Å². The highest BCUT2D eigenvalue weighted by molar-refractivity contribution is 6.13. The fourth-order valence-corrected chi connectivity index (χ4v) is 15.8. The molecule has 1 aliphatic carbocycles. The van der Waals surface area contributed by atoms with Crippen LogP contribution in [0.25, 0.3) is 149 Å². The molecule has 4 heteroatoms. The molecule has 0 atom stereocenters. The van der Waals surface area contributed by atoms with E-state index in [0.29, 0.717) is 0 Å². The van der Waals surface area contributed by atoms with Gasteiger partial charge in [-0.1, -0.05) is 238 Å². The lowest BCUT2D eigenvalue weighted by Crippen LogP contribution is -2.16. The summed E-state index contributed by atoms with van der Waals surface area (Å²) in [6, 6.07) is 130. The molecule has 0 fully saturated rings. The summed E-state index contributed by atoms with van der Waals surface area (Å²) in [5, 5.41) is 7.52. The fourth-order valence-electron chi connectivity index (χ4n) is 15.8. The summed E-state index contributed by atoms with van der Waals surface area (Å²) < 4.78 is 7.16. The van der Waals surface area contributed by atoms with Crippen molar-refractivity contribution in [3.63, 3.8) is 0 Å². The molecule has 456 valence electrons. The second kappa shape index (κ2) is 22.3. The molecule has 3 heterocycles. The van der Waals surface area contributed by atoms with Crippen LogP contribution >= 0.6 is 0 Å². The van der Waals surface area contributed by atoms with Gasteiger partial charge < -0.3 is 18.6 Å². The standard InChI is InChI=1S/C93H64N4/c1-93(2)85-58-69(70-43-52-82-79-24-12-15-27-87(79)97(92(82)59-70)73-22-10-5-11-23-73)42-51-77(85)78-53-50-76(60-86(78)93)94(74-46-38-63(39-47-74)61-30-34-65(35-31-61)67-44-54-90-83(56-67)80-25-13-16-28-88(80)95(90)71-18-6-3-7-19-71)75-48-40-64(41-49-75)62-32-36-66(37-33-62)68-45-55-91-84(57-68)81-26-14-17-29-89(81)96(91)72-20-8-4-9-21-72/h3-60H,1-2H3. The Hall–Kier alpha value is -12.5. The first-order valence-electron chi connectivity index (χ1n) is 33.6. The molecule has 0 N–H and O–H groups in total. The number of hydrogen-bond acceptors (Lipinski definition) is 1. The Morgan fingerprint density at radius 3 is 0.948 bits per heavy atom. The minimum atomic E-state index is -0.281. The van der Waals surface area contributed by atoms with Crippen molar-refractivity contribution in [2.24, 2.45) is 0 Å². The van der Waals surface area contributed by atoms with E-state index in [1.807, 2.05) is 0 Å². The summed E-state index contributed by atoms with van der Waals surface area (Å²) in [4.78, 5) is 2.43. The summed E-state index contributed by atoms with van der Waals surface area (Å²) in [5.41, 5.74) is 30.8. The van der Waals surface area contributed by atoms with Crippen LogP contribution in [0.1, 0.15) is 25.0 Å². The number of aromatic nitrogens is 3. The number of nitrogens with zero attached hydrogens (tertiary/aromatic N) is 4. The second-order valence-electron chi connectivity index (χ2n) is 26.5. The normalized spacial score (nSPS) is 12.5. The topological polar surface area (TPSA) is 18.0 Å². The zero-order chi connectivity index (χ0) is 64.3. The van der Waals surface area contributed by atoms with E-state index in [9.17, 15) is 0 Å². The highest BCUT2D eigenvalue weighted by atomic mass is 15.1. The summed E-state index contributed by atoms with van der Waals surface area (Å²) in [6.45, 7) is 4.80. The summed E-state index contributed by atoms with van der Waals surface area (Å²) >= 11 is 0. The minimum Gasteiger partial charge on any atom is -0.310 e. The number of para-hydroxylation sites is 6. The van der Waals surface area contributed by atoms with Gasteiger partial charge in [0.15, 0.2) is 0 Å². The molecule has 15 aromatic carbocycles. The quantitative estimate of drug-likeness (QED) is 0.126. The van der Waals surface area contributed by atoms with Crippen LogP contribution in [0.15, 0.2) is 352 Å². The number of rotatable bonds is 11. The minimum absolute atomic E-state index is 0.281. The van der Waals surface area contributed by atoms with Gasteiger partial charge in [0.1, 0.15) is 0 Å². The maximum atomic E-state index is 2.45. The van der Waals surface area contributed by atoms with Crippen molar-refractivity contribution in [2.45, 2.75) is 19.3 Å². The Bertz CT molecular complexity index is 5850. The van der Waals surface area contributed by atoms with Crippen LogP contribution in [0.5, 0.6) is 0 Å². The monoisotopic (exact) mass is 1240 g/mol. The molecular weight excluding hydrogens is 1170 g/mol. The molecule has 0 amide bonds. The van der Waals surface area contributed by atoms with Gasteiger partial charge >= 0.3 is 0 Å². The molecule has 0 aliphatic heterocycles. The molecule has 97 heavy (non-hydrogen) atoms. The van der Waals surface area contributed by atoms with Gasteiger partial charge in [0.25, 0.3) is 0 Å². The van der Waals surface area contributed by atoms with Crippen molar-refractivity contribution >= 4 is 82.5 Å². The Labute approximate surface area is 563 Å². The third kappa shape index (κ3) is 9.20. The van der Waals surface area contributed by atoms with Crippen molar-refractivity contribution in [1.82, 2.24) is 13.7 Å². The third-order valence-electron chi connectivity index (χ3n) is 20.7. The van der Waals surface area contributed by atoms with Gasteiger partial charge in [0.05, 0.1) is 33.1 Å². The molecule has 3 aromatic heterocycles. The second-order valence-corrected chi connectivity index (χ2v) is 26.5. The van der Waals surface area contributed by atoms with E-state index in [0.717, 1.165) is 45.3 Å². The molecule has 4 nitrogen and oxygen atoms in total. The first-order valence-corrected chi connectivity index (χ1v) is 33.6. The first-order chi connectivity index (χ1) is 47.8. The molecule has 19 rings (SSSR count). The van der Waals surface area contributed by atoms with Crippen LogP contribution in [0.3, 0.4) is 0 Å². The average molecular weight is 1240 g/mol. The van der Waals surface area contributed by atoms with E-state index >= 15 is 0 Å². The Morgan fingerprint density at radius 1 is 0.206 bits per heavy atom. The lowest BCUT2D eigenvalue weighted by Gasteiger charge is -2.28. The van der Waals surface area contributed by atoms with Crippen molar-refractivity contribution < 1.29 is 0 Å². The molecule has 0 radical (unpaired) electrons. The largest absolute Gasteiger partial charge is 0.310 e. The van der Waals surface area contributed by atoms with Gasteiger partial charge in [-0.3, -0.25) is 0 Å². The molecule has 18 aromatic rings. The number of fused-ring (bicyclic) bond motifs is 12. The number of benzene rings is 15. The van der Waals surface area contributed by atoms with E-state index in [1.165, 1.54) is 132 Å². The maximum Gasteiger partial charge on any atom is 0.0547 e.